The van der Waals surface area contributed by atoms with Crippen molar-refractivity contribution in [3.8, 4) is 11.8 Å². The first-order valence-corrected chi connectivity index (χ1v) is 4.45. The Morgan fingerprint density at radius 3 is 2.92 bits per heavy atom. The third-order valence-corrected chi connectivity index (χ3v) is 2.42. The summed E-state index contributed by atoms with van der Waals surface area (Å²) in [5, 5.41) is 9.67. The van der Waals surface area contributed by atoms with Crippen LogP contribution < -0.4 is 0 Å². The molecular weight excluding hydrogens is 152 g/mol. The van der Waals surface area contributed by atoms with Crippen molar-refractivity contribution >= 4 is 0 Å². The molecule has 0 spiro atoms. The molecule has 1 heterocycles. The van der Waals surface area contributed by atoms with Crippen LogP contribution in [0.15, 0.2) is 0 Å². The van der Waals surface area contributed by atoms with E-state index >= 15 is 0 Å². The second-order valence-corrected chi connectivity index (χ2v) is 3.23. The Bertz CT molecular complexity index is 190. The Hall–Kier alpha value is -0.520. The monoisotopic (exact) mass is 168 g/mol. The van der Waals surface area contributed by atoms with Crippen LogP contribution in [0.1, 0.15) is 26.7 Å². The first-order valence-electron chi connectivity index (χ1n) is 4.45. The van der Waals surface area contributed by atoms with Gasteiger partial charge in [-0.05, 0) is 20.3 Å². The molecule has 1 saturated heterocycles. The fourth-order valence-electron chi connectivity index (χ4n) is 1.61. The van der Waals surface area contributed by atoms with Crippen molar-refractivity contribution in [2.75, 3.05) is 6.61 Å². The molecule has 68 valence electrons. The molecule has 0 aromatic heterocycles. The van der Waals surface area contributed by atoms with E-state index < -0.39 is 0 Å². The molecular formula is C10H16O2. The highest BCUT2D eigenvalue weighted by Gasteiger charge is 2.29. The molecule has 3 atom stereocenters. The van der Waals surface area contributed by atoms with Crippen LogP contribution in [0.5, 0.6) is 0 Å². The molecule has 2 nitrogen and oxygen atoms in total. The standard InChI is InChI=1S/C10H16O2/c1-3-4-5-10(11)9-6-7-12-8(9)2/h8-11H,5-7H2,1-2H3. The molecule has 0 bridgehead atoms. The highest BCUT2D eigenvalue weighted by Crippen LogP contribution is 2.24. The molecule has 2 heteroatoms. The van der Waals surface area contributed by atoms with E-state index in [0.717, 1.165) is 13.0 Å². The van der Waals surface area contributed by atoms with Crippen molar-refractivity contribution < 1.29 is 9.84 Å². The predicted octanol–water partition coefficient (Wildman–Crippen LogP) is 1.19. The van der Waals surface area contributed by atoms with E-state index in [-0.39, 0.29) is 18.1 Å². The molecule has 1 fully saturated rings. The average Bonchev–Trinajstić information content (AvgIpc) is 2.47. The number of rotatable bonds is 2. The van der Waals surface area contributed by atoms with Gasteiger partial charge in [-0.2, -0.15) is 0 Å². The minimum atomic E-state index is -0.310. The van der Waals surface area contributed by atoms with Crippen molar-refractivity contribution in [1.29, 1.82) is 0 Å². The first-order chi connectivity index (χ1) is 5.75. The zero-order chi connectivity index (χ0) is 8.97. The Labute approximate surface area is 73.9 Å². The van der Waals surface area contributed by atoms with Gasteiger partial charge in [0.05, 0.1) is 12.2 Å². The van der Waals surface area contributed by atoms with E-state index in [1.807, 2.05) is 6.92 Å². The van der Waals surface area contributed by atoms with Crippen LogP contribution in [-0.4, -0.2) is 23.9 Å². The van der Waals surface area contributed by atoms with Crippen molar-refractivity contribution in [3.05, 3.63) is 0 Å². The maximum Gasteiger partial charge on any atom is 0.0703 e. The van der Waals surface area contributed by atoms with Crippen LogP contribution in [0.3, 0.4) is 0 Å². The molecule has 0 radical (unpaired) electrons. The fourth-order valence-corrected chi connectivity index (χ4v) is 1.61. The molecule has 3 unspecified atom stereocenters. The summed E-state index contributed by atoms with van der Waals surface area (Å²) in [4.78, 5) is 0. The molecule has 0 aromatic carbocycles. The van der Waals surface area contributed by atoms with Crippen LogP contribution in [-0.2, 0) is 4.74 Å². The summed E-state index contributed by atoms with van der Waals surface area (Å²) in [6.45, 7) is 4.59. The van der Waals surface area contributed by atoms with Gasteiger partial charge < -0.3 is 9.84 Å². The molecule has 0 aromatic rings. The van der Waals surface area contributed by atoms with Gasteiger partial charge in [-0.25, -0.2) is 0 Å². The lowest BCUT2D eigenvalue weighted by Crippen LogP contribution is -2.25. The zero-order valence-electron chi connectivity index (χ0n) is 7.71. The summed E-state index contributed by atoms with van der Waals surface area (Å²) < 4.78 is 5.36. The number of aliphatic hydroxyl groups is 1. The van der Waals surface area contributed by atoms with Crippen molar-refractivity contribution in [3.63, 3.8) is 0 Å². The Morgan fingerprint density at radius 1 is 1.67 bits per heavy atom. The highest BCUT2D eigenvalue weighted by atomic mass is 16.5. The number of aliphatic hydroxyl groups excluding tert-OH is 1. The molecule has 1 N–H and O–H groups in total. The van der Waals surface area contributed by atoms with E-state index in [1.54, 1.807) is 6.92 Å². The van der Waals surface area contributed by atoms with Crippen molar-refractivity contribution in [2.24, 2.45) is 5.92 Å². The van der Waals surface area contributed by atoms with Crippen LogP contribution in [0.4, 0.5) is 0 Å². The normalized spacial score (nSPS) is 30.9. The Kier molecular flexibility index (Phi) is 3.58. The second-order valence-electron chi connectivity index (χ2n) is 3.23. The summed E-state index contributed by atoms with van der Waals surface area (Å²) in [5.74, 6) is 5.96. The minimum absolute atomic E-state index is 0.193. The van der Waals surface area contributed by atoms with Gasteiger partial charge in [0, 0.05) is 18.9 Å². The van der Waals surface area contributed by atoms with Crippen LogP contribution in [0.25, 0.3) is 0 Å². The number of hydrogen-bond acceptors (Lipinski definition) is 2. The van der Waals surface area contributed by atoms with Crippen molar-refractivity contribution in [1.82, 2.24) is 0 Å². The van der Waals surface area contributed by atoms with Crippen LogP contribution in [0.2, 0.25) is 0 Å². The van der Waals surface area contributed by atoms with Gasteiger partial charge in [0.25, 0.3) is 0 Å². The Balaban J connectivity index is 2.38. The first kappa shape index (κ1) is 9.57. The maximum atomic E-state index is 9.67. The van der Waals surface area contributed by atoms with Gasteiger partial charge in [-0.3, -0.25) is 0 Å². The minimum Gasteiger partial charge on any atom is -0.392 e. The smallest absolute Gasteiger partial charge is 0.0703 e. The third kappa shape index (κ3) is 2.23. The van der Waals surface area contributed by atoms with Crippen molar-refractivity contribution in [2.45, 2.75) is 38.9 Å². The number of ether oxygens (including phenoxy) is 1. The average molecular weight is 168 g/mol. The van der Waals surface area contributed by atoms with Gasteiger partial charge in [0.1, 0.15) is 0 Å². The molecule has 0 aliphatic carbocycles. The lowest BCUT2D eigenvalue weighted by molar-refractivity contribution is 0.0463. The van der Waals surface area contributed by atoms with E-state index in [4.69, 9.17) is 4.74 Å². The lowest BCUT2D eigenvalue weighted by atomic mass is 9.94. The van der Waals surface area contributed by atoms with E-state index in [2.05, 4.69) is 11.8 Å². The molecule has 1 aliphatic rings. The van der Waals surface area contributed by atoms with Crippen LogP contribution in [0, 0.1) is 17.8 Å². The SMILES string of the molecule is CC#CCC(O)C1CCOC1C. The van der Waals surface area contributed by atoms with Gasteiger partial charge in [0.15, 0.2) is 0 Å². The summed E-state index contributed by atoms with van der Waals surface area (Å²) >= 11 is 0. The highest BCUT2D eigenvalue weighted by molar-refractivity contribution is 4.98. The summed E-state index contributed by atoms with van der Waals surface area (Å²) in [5.41, 5.74) is 0. The maximum absolute atomic E-state index is 9.67. The molecule has 12 heavy (non-hydrogen) atoms. The molecule has 1 rings (SSSR count). The van der Waals surface area contributed by atoms with E-state index in [0.29, 0.717) is 6.42 Å². The van der Waals surface area contributed by atoms with Gasteiger partial charge in [-0.1, -0.05) is 0 Å². The van der Waals surface area contributed by atoms with Gasteiger partial charge >= 0.3 is 0 Å². The lowest BCUT2D eigenvalue weighted by Gasteiger charge is -2.18. The number of hydrogen-bond donors (Lipinski definition) is 1. The molecule has 1 aliphatic heterocycles. The van der Waals surface area contributed by atoms with Gasteiger partial charge in [-0.15, -0.1) is 11.8 Å². The molecule has 0 amide bonds. The fraction of sp³-hybridized carbons (Fsp3) is 0.800. The van der Waals surface area contributed by atoms with Crippen LogP contribution >= 0.6 is 0 Å². The predicted molar refractivity (Wildman–Crippen MR) is 47.6 cm³/mol. The second kappa shape index (κ2) is 4.49. The Morgan fingerprint density at radius 2 is 2.42 bits per heavy atom. The van der Waals surface area contributed by atoms with Gasteiger partial charge in [0.2, 0.25) is 0 Å². The topological polar surface area (TPSA) is 29.5 Å². The summed E-state index contributed by atoms with van der Waals surface area (Å²) in [6.07, 6.45) is 1.43. The summed E-state index contributed by atoms with van der Waals surface area (Å²) in [6, 6.07) is 0. The van der Waals surface area contributed by atoms with E-state index in [1.165, 1.54) is 0 Å². The third-order valence-electron chi connectivity index (χ3n) is 2.42. The zero-order valence-corrected chi connectivity index (χ0v) is 7.71. The quantitative estimate of drug-likeness (QED) is 0.627. The largest absolute Gasteiger partial charge is 0.392 e. The summed E-state index contributed by atoms with van der Waals surface area (Å²) in [7, 11) is 0. The van der Waals surface area contributed by atoms with E-state index in [9.17, 15) is 5.11 Å². The molecule has 0 saturated carbocycles.